The summed E-state index contributed by atoms with van der Waals surface area (Å²) in [5, 5.41) is 0. The lowest BCUT2D eigenvalue weighted by Crippen LogP contribution is -2.58. The number of piperidine rings is 3. The predicted molar refractivity (Wildman–Crippen MR) is 456 cm³/mol. The molecule has 10 bridgehead atoms. The molecule has 0 amide bonds. The van der Waals surface area contributed by atoms with Crippen LogP contribution in [-0.2, 0) is 14.2 Å². The Kier molecular flexibility index (Phi) is 20.2. The highest BCUT2D eigenvalue weighted by Gasteiger charge is 2.51. The Hall–Kier alpha value is -9.80. The average Bonchev–Trinajstić information content (AvgIpc) is 1.76. The van der Waals surface area contributed by atoms with Gasteiger partial charge in [0.05, 0.1) is 84.7 Å². The summed E-state index contributed by atoms with van der Waals surface area (Å²) < 4.78 is 17.4. The molecule has 4 aliphatic carbocycles. The number of hydrogen-bond acceptors (Lipinski definition) is 33. The summed E-state index contributed by atoms with van der Waals surface area (Å²) in [6.07, 6.45) is 35.1. The van der Waals surface area contributed by atoms with E-state index in [0.717, 1.165) is 222 Å². The molecule has 17 aliphatic rings. The van der Waals surface area contributed by atoms with Gasteiger partial charge in [-0.3, -0.25) is 9.80 Å². The van der Waals surface area contributed by atoms with Crippen LogP contribution in [0.4, 0.5) is 65.0 Å². The van der Waals surface area contributed by atoms with Gasteiger partial charge in [0.25, 0.3) is 0 Å². The van der Waals surface area contributed by atoms with Gasteiger partial charge in [-0.1, -0.05) is 13.3 Å². The number of nitrogens with two attached hydrogens (primary N) is 4. The van der Waals surface area contributed by atoms with E-state index in [1.807, 2.05) is 0 Å². The number of nitrogen functional groups attached to an aromatic ring is 4. The van der Waals surface area contributed by atoms with Crippen molar-refractivity contribution in [3.8, 4) is 45.0 Å². The van der Waals surface area contributed by atoms with E-state index in [9.17, 15) is 0 Å². The van der Waals surface area contributed by atoms with E-state index in [2.05, 4.69) is 141 Å². The first-order valence-electron chi connectivity index (χ1n) is 44.1. The van der Waals surface area contributed by atoms with Crippen LogP contribution in [0.25, 0.3) is 45.0 Å². The van der Waals surface area contributed by atoms with Crippen LogP contribution in [-0.4, -0.2) is 280 Å². The Morgan fingerprint density at radius 2 is 0.815 bits per heavy atom. The van der Waals surface area contributed by atoms with E-state index < -0.39 is 0 Å². The van der Waals surface area contributed by atoms with E-state index in [0.29, 0.717) is 83.2 Å². The normalized spacial score (nSPS) is 28.7. The molecule has 21 heterocycles. The average molecular weight is 1620 g/mol. The second-order valence-electron chi connectivity index (χ2n) is 37.7. The van der Waals surface area contributed by atoms with Crippen LogP contribution in [0, 0.1) is 28.6 Å². The first-order chi connectivity index (χ1) is 57.9. The number of fused-ring (bicyclic) bond motifs is 9. The van der Waals surface area contributed by atoms with Crippen molar-refractivity contribution in [3.05, 3.63) is 79.5 Å². The molecule has 25 rings (SSSR count). The van der Waals surface area contributed by atoms with Gasteiger partial charge in [0.1, 0.15) is 17.5 Å². The maximum atomic E-state index is 5.80. The lowest BCUT2D eigenvalue weighted by Gasteiger charge is -2.52. The molecule has 0 aromatic carbocycles. The second-order valence-corrected chi connectivity index (χ2v) is 37.7. The first kappa shape index (κ1) is 76.6. The monoisotopic (exact) mass is 1610 g/mol. The summed E-state index contributed by atoms with van der Waals surface area (Å²) in [5.41, 5.74) is 32.1. The third kappa shape index (κ3) is 15.4. The summed E-state index contributed by atoms with van der Waals surface area (Å²) >= 11 is 0. The van der Waals surface area contributed by atoms with Gasteiger partial charge < -0.3 is 76.3 Å². The van der Waals surface area contributed by atoms with Crippen molar-refractivity contribution < 1.29 is 14.2 Å². The van der Waals surface area contributed by atoms with Crippen LogP contribution in [0.1, 0.15) is 135 Å². The lowest BCUT2D eigenvalue weighted by molar-refractivity contribution is 0.00111. The molecule has 9 atom stereocenters. The van der Waals surface area contributed by atoms with Gasteiger partial charge in [0.15, 0.2) is 0 Å². The van der Waals surface area contributed by atoms with Crippen molar-refractivity contribution in [1.29, 1.82) is 0 Å². The van der Waals surface area contributed by atoms with E-state index in [1.54, 1.807) is 49.6 Å². The van der Waals surface area contributed by atoms with Crippen LogP contribution in [0.15, 0.2) is 73.8 Å². The molecule has 8 aromatic rings. The number of ether oxygens (including phenoxy) is 3. The van der Waals surface area contributed by atoms with Crippen molar-refractivity contribution in [1.82, 2.24) is 94.4 Å². The van der Waals surface area contributed by atoms with Crippen LogP contribution < -0.4 is 57.2 Å². The molecule has 4 saturated carbocycles. The smallest absolute Gasteiger partial charge is 0.227 e. The summed E-state index contributed by atoms with van der Waals surface area (Å²) in [6.45, 7) is 24.9. The molecule has 2 spiro atoms. The minimum atomic E-state index is 0.272. The predicted octanol–water partition coefficient (Wildman–Crippen LogP) is 7.40. The second kappa shape index (κ2) is 31.3. The molecule has 1 unspecified atom stereocenters. The quantitative estimate of drug-likeness (QED) is 0.0823. The summed E-state index contributed by atoms with van der Waals surface area (Å²) in [4.78, 5) is 97.6. The molecule has 0 radical (unpaired) electrons. The minimum absolute atomic E-state index is 0.272. The molecule has 33 nitrogen and oxygen atoms in total. The van der Waals surface area contributed by atoms with E-state index in [4.69, 9.17) is 77.0 Å². The maximum Gasteiger partial charge on any atom is 0.227 e. The zero-order chi connectivity index (χ0) is 80.4. The molecule has 626 valence electrons. The van der Waals surface area contributed by atoms with Crippen LogP contribution in [0.3, 0.4) is 0 Å². The molecular weight excluding hydrogens is 1500 g/mol. The first-order valence-corrected chi connectivity index (χ1v) is 44.1. The highest BCUT2D eigenvalue weighted by molar-refractivity contribution is 5.68. The third-order valence-corrected chi connectivity index (χ3v) is 29.5. The molecule has 33 heteroatoms. The SMILES string of the molecule is CC(C)N1C[C@@H]2C[C@H]1CC2c1cc(-c2cnc(N)nc2)nc(N2CC3CC2C3)n1.CC1CC2(CCN(c3nc(-c4cnc(N)nc4)cc(N4C[C@@H]5C[C@H]4CO5)n3)CC2)C1.CN1CC2(CCN(c3nc(-c4cnc(N)nc4)cc(N4C[C@@H]5C[C@H]4CO5)n3)CC2)C1.Nc1ncc(-c2cc(N3C[C@@H]4C[C@H]3CO4)nc(N3CCN(C4CCC4)CC3)n2)cn1. The van der Waals surface area contributed by atoms with Crippen LogP contribution in [0.5, 0.6) is 0 Å². The molecular formula is C86H114N30O3. The van der Waals surface area contributed by atoms with Crippen molar-refractivity contribution in [2.45, 2.75) is 190 Å². The van der Waals surface area contributed by atoms with E-state index >= 15 is 0 Å². The fourth-order valence-corrected chi connectivity index (χ4v) is 22.8. The van der Waals surface area contributed by atoms with Gasteiger partial charge in [-0.25, -0.2) is 64.8 Å². The number of morpholine rings is 3. The summed E-state index contributed by atoms with van der Waals surface area (Å²) in [7, 11) is 2.21. The molecule has 8 aromatic heterocycles. The van der Waals surface area contributed by atoms with Crippen molar-refractivity contribution >= 4 is 65.0 Å². The van der Waals surface area contributed by atoms with Gasteiger partial charge in [-0.2, -0.15) is 15.0 Å². The van der Waals surface area contributed by atoms with Crippen molar-refractivity contribution in [2.75, 3.05) is 182 Å². The Morgan fingerprint density at radius 3 is 1.16 bits per heavy atom. The Morgan fingerprint density at radius 1 is 0.403 bits per heavy atom. The topological polar surface area (TPSA) is 370 Å². The van der Waals surface area contributed by atoms with Crippen LogP contribution >= 0.6 is 0 Å². The molecule has 119 heavy (non-hydrogen) atoms. The van der Waals surface area contributed by atoms with Crippen molar-refractivity contribution in [2.24, 2.45) is 28.6 Å². The maximum absolute atomic E-state index is 5.80. The number of likely N-dealkylation sites (tertiary alicyclic amines) is 2. The summed E-state index contributed by atoms with van der Waals surface area (Å²) in [6, 6.07) is 12.3. The number of hydrogen-bond donors (Lipinski definition) is 4. The molecule has 13 aliphatic heterocycles. The zero-order valence-electron chi connectivity index (χ0n) is 69.2. The van der Waals surface area contributed by atoms with Gasteiger partial charge in [-0.15, -0.1) is 0 Å². The highest BCUT2D eigenvalue weighted by Crippen LogP contribution is 2.54. The molecule has 13 saturated heterocycles. The van der Waals surface area contributed by atoms with E-state index in [1.165, 1.54) is 109 Å². The van der Waals surface area contributed by atoms with Gasteiger partial charge in [0, 0.05) is 218 Å². The zero-order valence-corrected chi connectivity index (χ0v) is 69.2. The molecule has 17 fully saturated rings. The fourth-order valence-electron chi connectivity index (χ4n) is 22.8. The standard InChI is InChI=1S/C22H29N7O.C22H29N7.2C21H28N8O/c1-14-8-22(9-14)2-4-28(5-3-22)21-26-18(15-10-24-20(23)25-11-15)7-19(27-21)29-12-17-6-16(29)13-30-17;1-12(2)28-11-14-5-17(28)6-18(14)20-7-19(15-8-24-21(23)25-9-15)26-22(27-20)29-10-13-3-16(29)4-13;1-27-12-21(13-27)2-4-28(5-3-21)20-25-17(14-8-23-19(22)24-9-14)7-18(26-20)29-10-16-6-15(29)11-30-16;22-20-23-10-14(11-24-20)18-9-19(29-12-17-8-16(29)13-30-17)26-21(25-18)28-6-4-27(5-7-28)15-2-1-3-15/h7,10-11,14,16-17H,2-6,8-9,12-13H2,1H3,(H2,23,24,25);7-9,12-14,16-18H,3-6,10-11H2,1-2H3,(H2,23,24,25);7-9,15-16H,2-6,10-13H2,1H3,(H2,22,23,24);9-11,15-17H,1-8,12-13H2,(H2,22,23,24)/t16-,17-;13?,14-,16?,17-,18?;15-,16-;16-,17-/m0000/s1. The fraction of sp³-hybridized carbons (Fsp3) is 0.628. The number of nitrogens with zero attached hydrogens (tertiary/aromatic N) is 26. The highest BCUT2D eigenvalue weighted by atomic mass is 16.5. The van der Waals surface area contributed by atoms with Gasteiger partial charge >= 0.3 is 0 Å². The number of anilines is 11. The number of piperazine rings is 1. The van der Waals surface area contributed by atoms with Crippen molar-refractivity contribution in [3.63, 3.8) is 0 Å². The van der Waals surface area contributed by atoms with Gasteiger partial charge in [0.2, 0.25) is 47.6 Å². The number of rotatable bonds is 14. The van der Waals surface area contributed by atoms with Crippen LogP contribution in [0.2, 0.25) is 0 Å². The lowest BCUT2D eigenvalue weighted by atomic mass is 9.58. The Bertz CT molecular complexity index is 4770. The Balaban J connectivity index is 0.0000000984. The third-order valence-electron chi connectivity index (χ3n) is 29.5. The molecule has 8 N–H and O–H groups in total. The van der Waals surface area contributed by atoms with Gasteiger partial charge in [-0.05, 0) is 152 Å². The Labute approximate surface area is 695 Å². The summed E-state index contributed by atoms with van der Waals surface area (Å²) in [5.74, 6) is 10.4. The minimum Gasteiger partial charge on any atom is -0.374 e. The number of aromatic nitrogens is 16. The largest absolute Gasteiger partial charge is 0.374 e. The van der Waals surface area contributed by atoms with E-state index in [-0.39, 0.29) is 17.8 Å².